The molecule has 22 heavy (non-hydrogen) atoms. The van der Waals surface area contributed by atoms with Crippen molar-refractivity contribution in [3.05, 3.63) is 30.3 Å². The van der Waals surface area contributed by atoms with Gasteiger partial charge in [0.25, 0.3) is 0 Å². The summed E-state index contributed by atoms with van der Waals surface area (Å²) in [6.45, 7) is 3.11. The Kier molecular flexibility index (Phi) is 18.9. The molecule has 0 radical (unpaired) electrons. The van der Waals surface area contributed by atoms with Crippen molar-refractivity contribution in [2.24, 2.45) is 0 Å². The van der Waals surface area contributed by atoms with Crippen LogP contribution in [-0.4, -0.2) is 24.1 Å². The molecule has 0 aliphatic carbocycles. The van der Waals surface area contributed by atoms with Gasteiger partial charge in [-0.1, -0.05) is 57.2 Å². The van der Waals surface area contributed by atoms with Crippen LogP contribution in [-0.2, 0) is 10.4 Å². The van der Waals surface area contributed by atoms with Crippen LogP contribution in [0.15, 0.2) is 30.3 Å². The first kappa shape index (κ1) is 25.7. The number of hydrogen-bond donors (Lipinski definition) is 2. The van der Waals surface area contributed by atoms with Crippen LogP contribution in [0.25, 0.3) is 0 Å². The standard InChI is InChI=1S/C14H22O.2H3N.H2O4S/c1-2-3-4-5-6-10-13-15-14-11-8-7-9-12-14;;;1-5(2,3)4/h7-9,11-12H,2-6,10,13H2,1H3;2*1H3;(H2,1,2,3,4). The monoisotopic (exact) mass is 338 g/mol. The van der Waals surface area contributed by atoms with Crippen LogP contribution in [0.2, 0.25) is 0 Å². The lowest BCUT2D eigenvalue weighted by Gasteiger charge is -2.06. The zero-order valence-electron chi connectivity index (χ0n) is 13.8. The summed E-state index contributed by atoms with van der Waals surface area (Å²) in [6.07, 6.45) is 7.90. The Labute approximate surface area is 133 Å². The van der Waals surface area contributed by atoms with E-state index in [1.165, 1.54) is 38.5 Å². The van der Waals surface area contributed by atoms with Gasteiger partial charge in [-0.05, 0) is 18.6 Å². The molecule has 0 spiro atoms. The van der Waals surface area contributed by atoms with Crippen molar-refractivity contribution in [2.45, 2.75) is 45.4 Å². The maximum Gasteiger partial charge on any atom is 0.119 e. The predicted molar refractivity (Wildman–Crippen MR) is 87.8 cm³/mol. The van der Waals surface area contributed by atoms with E-state index in [2.05, 4.69) is 6.92 Å². The molecular formula is C14H30N2O5S. The summed E-state index contributed by atoms with van der Waals surface area (Å²) in [5, 5.41) is 0. The number of hydrogen-bond acceptors (Lipinski definition) is 5. The molecule has 0 saturated heterocycles. The van der Waals surface area contributed by atoms with Crippen LogP contribution in [0.5, 0.6) is 5.75 Å². The number of ether oxygens (including phenoxy) is 1. The van der Waals surface area contributed by atoms with Crippen molar-refractivity contribution in [3.8, 4) is 5.75 Å². The normalized spacial score (nSPS) is 9.59. The Hall–Kier alpha value is -1.19. The molecule has 7 nitrogen and oxygen atoms in total. The summed E-state index contributed by atoms with van der Waals surface area (Å²) in [5.41, 5.74) is 0. The average molecular weight is 338 g/mol. The first-order valence-corrected chi connectivity index (χ1v) is 8.11. The topological polar surface area (TPSA) is 162 Å². The summed E-state index contributed by atoms with van der Waals surface area (Å²) in [7, 11) is -5.17. The summed E-state index contributed by atoms with van der Waals surface area (Å²) >= 11 is 0. The third-order valence-corrected chi connectivity index (χ3v) is 2.51. The minimum absolute atomic E-state index is 0. The van der Waals surface area contributed by atoms with Crippen molar-refractivity contribution >= 4 is 10.4 Å². The van der Waals surface area contributed by atoms with E-state index < -0.39 is 10.4 Å². The molecule has 132 valence electrons. The molecule has 0 aliphatic heterocycles. The number of benzene rings is 1. The van der Waals surface area contributed by atoms with Crippen LogP contribution < -0.4 is 17.0 Å². The molecule has 0 atom stereocenters. The molecule has 0 aliphatic rings. The van der Waals surface area contributed by atoms with Gasteiger partial charge in [-0.25, -0.2) is 0 Å². The van der Waals surface area contributed by atoms with Gasteiger partial charge >= 0.3 is 0 Å². The van der Waals surface area contributed by atoms with Crippen LogP contribution in [0.3, 0.4) is 0 Å². The van der Waals surface area contributed by atoms with Crippen molar-refractivity contribution in [1.82, 2.24) is 12.3 Å². The minimum Gasteiger partial charge on any atom is -0.759 e. The zero-order chi connectivity index (χ0) is 15.3. The van der Waals surface area contributed by atoms with E-state index in [4.69, 9.17) is 22.3 Å². The van der Waals surface area contributed by atoms with Gasteiger partial charge in [0.05, 0.1) is 6.61 Å². The lowest BCUT2D eigenvalue weighted by Crippen LogP contribution is -1.96. The fourth-order valence-electron chi connectivity index (χ4n) is 1.59. The van der Waals surface area contributed by atoms with E-state index in [9.17, 15) is 0 Å². The van der Waals surface area contributed by atoms with Gasteiger partial charge in [0.15, 0.2) is 0 Å². The second kappa shape index (κ2) is 16.2. The Bertz CT molecular complexity index is 418. The van der Waals surface area contributed by atoms with Gasteiger partial charge in [-0.15, -0.1) is 0 Å². The van der Waals surface area contributed by atoms with E-state index in [1.807, 2.05) is 30.3 Å². The van der Waals surface area contributed by atoms with Crippen LogP contribution >= 0.6 is 0 Å². The summed E-state index contributed by atoms with van der Waals surface area (Å²) in [4.78, 5) is 0. The summed E-state index contributed by atoms with van der Waals surface area (Å²) in [6, 6.07) is 10.1. The molecule has 0 amide bonds. The fourth-order valence-corrected chi connectivity index (χ4v) is 1.59. The maximum atomic E-state index is 8.52. The molecule has 0 aromatic heterocycles. The molecule has 8 N–H and O–H groups in total. The zero-order valence-corrected chi connectivity index (χ0v) is 14.6. The number of unbranched alkanes of at least 4 members (excludes halogenated alkanes) is 5. The molecule has 1 aromatic carbocycles. The smallest absolute Gasteiger partial charge is 0.119 e. The largest absolute Gasteiger partial charge is 0.759 e. The Morgan fingerprint density at radius 3 is 1.86 bits per heavy atom. The molecule has 0 saturated carbocycles. The Morgan fingerprint density at radius 2 is 1.36 bits per heavy atom. The van der Waals surface area contributed by atoms with Gasteiger partial charge < -0.3 is 26.1 Å². The van der Waals surface area contributed by atoms with E-state index in [0.29, 0.717) is 0 Å². The van der Waals surface area contributed by atoms with Crippen molar-refractivity contribution in [1.29, 1.82) is 0 Å². The number of para-hydroxylation sites is 1. The van der Waals surface area contributed by atoms with Crippen molar-refractivity contribution in [2.75, 3.05) is 6.61 Å². The molecule has 0 heterocycles. The van der Waals surface area contributed by atoms with Crippen LogP contribution in [0.1, 0.15) is 45.4 Å². The maximum absolute atomic E-state index is 8.52. The van der Waals surface area contributed by atoms with Gasteiger partial charge in [0.1, 0.15) is 5.75 Å². The highest BCUT2D eigenvalue weighted by Gasteiger charge is 1.92. The first-order chi connectivity index (χ1) is 9.43. The highest BCUT2D eigenvalue weighted by atomic mass is 32.3. The van der Waals surface area contributed by atoms with Gasteiger partial charge in [0.2, 0.25) is 0 Å². The Balaban J connectivity index is -0.000000452. The quantitative estimate of drug-likeness (QED) is 0.417. The minimum atomic E-state index is -5.17. The van der Waals surface area contributed by atoms with Gasteiger partial charge in [0, 0.05) is 10.4 Å². The third-order valence-electron chi connectivity index (χ3n) is 2.51. The average Bonchev–Trinajstić information content (AvgIpc) is 2.37. The number of rotatable bonds is 8. The lowest BCUT2D eigenvalue weighted by molar-refractivity contribution is 0.304. The fraction of sp³-hybridized carbons (Fsp3) is 0.571. The van der Waals surface area contributed by atoms with Gasteiger partial charge in [-0.2, -0.15) is 0 Å². The second-order valence-electron chi connectivity index (χ2n) is 4.34. The summed E-state index contributed by atoms with van der Waals surface area (Å²) < 4.78 is 39.7. The summed E-state index contributed by atoms with van der Waals surface area (Å²) in [5.74, 6) is 0.992. The molecule has 8 heteroatoms. The first-order valence-electron chi connectivity index (χ1n) is 6.78. The molecule has 0 unspecified atom stereocenters. The third kappa shape index (κ3) is 23.9. The molecule has 1 aromatic rings. The predicted octanol–water partition coefficient (Wildman–Crippen LogP) is 3.84. The highest BCUT2D eigenvalue weighted by molar-refractivity contribution is 7.79. The SMILES string of the molecule is CCCCCCCCOc1ccccc1.O=S(=O)([O-])[O-].[NH4+].[NH4+]. The second-order valence-corrected chi connectivity index (χ2v) is 5.15. The molecule has 0 fully saturated rings. The van der Waals surface area contributed by atoms with Crippen molar-refractivity contribution in [3.63, 3.8) is 0 Å². The molecule has 0 bridgehead atoms. The van der Waals surface area contributed by atoms with Crippen LogP contribution in [0.4, 0.5) is 0 Å². The molecular weight excluding hydrogens is 308 g/mol. The lowest BCUT2D eigenvalue weighted by atomic mass is 10.1. The van der Waals surface area contributed by atoms with E-state index in [-0.39, 0.29) is 12.3 Å². The Morgan fingerprint density at radius 1 is 0.909 bits per heavy atom. The van der Waals surface area contributed by atoms with E-state index in [0.717, 1.165) is 12.4 Å². The highest BCUT2D eigenvalue weighted by Crippen LogP contribution is 2.10. The van der Waals surface area contributed by atoms with Gasteiger partial charge in [-0.3, -0.25) is 8.42 Å². The molecule has 1 rings (SSSR count). The van der Waals surface area contributed by atoms with Crippen LogP contribution in [0, 0.1) is 0 Å². The van der Waals surface area contributed by atoms with E-state index in [1.54, 1.807) is 0 Å². The van der Waals surface area contributed by atoms with Crippen molar-refractivity contribution < 1.29 is 22.3 Å². The van der Waals surface area contributed by atoms with E-state index >= 15 is 0 Å². The number of quaternary nitrogens is 2.